The number of benzene rings is 1. The Bertz CT molecular complexity index is 692. The molecule has 1 fully saturated rings. The number of hydrogen-bond acceptors (Lipinski definition) is 5. The average Bonchev–Trinajstić information content (AvgIpc) is 3.17. The molecule has 6 heteroatoms. The number of morpholine rings is 1. The minimum Gasteiger partial charge on any atom is -0.483 e. The van der Waals surface area contributed by atoms with Crippen LogP contribution in [0, 0.1) is 13.8 Å². The van der Waals surface area contributed by atoms with Gasteiger partial charge in [0, 0.05) is 24.5 Å². The van der Waals surface area contributed by atoms with E-state index in [2.05, 4.69) is 27.7 Å². The predicted octanol–water partition coefficient (Wildman–Crippen LogP) is 2.93. The molecule has 0 saturated carbocycles. The molecule has 1 atom stereocenters. The zero-order valence-electron chi connectivity index (χ0n) is 15.4. The van der Waals surface area contributed by atoms with Crippen molar-refractivity contribution < 1.29 is 14.3 Å². The SMILES string of the molecule is Cc1cccc(C)c1OCC(=O)NCC(c1cccs1)N1CCOCC1. The Labute approximate surface area is 158 Å². The summed E-state index contributed by atoms with van der Waals surface area (Å²) in [6.45, 7) is 7.85. The maximum absolute atomic E-state index is 12.3. The first-order valence-corrected chi connectivity index (χ1v) is 9.84. The van der Waals surface area contributed by atoms with Crippen LogP contribution in [0.5, 0.6) is 5.75 Å². The average molecular weight is 375 g/mol. The van der Waals surface area contributed by atoms with Crippen LogP contribution in [-0.4, -0.2) is 50.3 Å². The van der Waals surface area contributed by atoms with Crippen LogP contribution in [0.2, 0.25) is 0 Å². The second kappa shape index (κ2) is 9.16. The van der Waals surface area contributed by atoms with Crippen LogP contribution in [0.25, 0.3) is 0 Å². The fourth-order valence-corrected chi connectivity index (χ4v) is 4.07. The molecule has 0 aliphatic carbocycles. The van der Waals surface area contributed by atoms with Gasteiger partial charge in [0.05, 0.1) is 19.3 Å². The molecule has 1 aromatic heterocycles. The van der Waals surface area contributed by atoms with Gasteiger partial charge in [-0.05, 0) is 36.4 Å². The van der Waals surface area contributed by atoms with Crippen LogP contribution in [0.1, 0.15) is 22.0 Å². The number of para-hydroxylation sites is 1. The first-order valence-electron chi connectivity index (χ1n) is 8.96. The highest BCUT2D eigenvalue weighted by Crippen LogP contribution is 2.25. The second-order valence-corrected chi connectivity index (χ2v) is 7.47. The van der Waals surface area contributed by atoms with E-state index in [0.29, 0.717) is 6.54 Å². The molecule has 1 aliphatic rings. The van der Waals surface area contributed by atoms with Gasteiger partial charge in [-0.3, -0.25) is 9.69 Å². The standard InChI is InChI=1S/C20H26N2O3S/c1-15-5-3-6-16(2)20(15)25-14-19(23)21-13-17(18-7-4-12-26-18)22-8-10-24-11-9-22/h3-7,12,17H,8-11,13-14H2,1-2H3,(H,21,23). The van der Waals surface area contributed by atoms with Crippen LogP contribution in [-0.2, 0) is 9.53 Å². The molecule has 1 unspecified atom stereocenters. The van der Waals surface area contributed by atoms with E-state index in [1.165, 1.54) is 4.88 Å². The van der Waals surface area contributed by atoms with Crippen molar-refractivity contribution >= 4 is 17.2 Å². The number of thiophene rings is 1. The number of nitrogens with one attached hydrogen (secondary N) is 1. The molecule has 0 radical (unpaired) electrons. The molecule has 3 rings (SSSR count). The fraction of sp³-hybridized carbons (Fsp3) is 0.450. The summed E-state index contributed by atoms with van der Waals surface area (Å²) in [5.41, 5.74) is 2.09. The molecule has 1 aliphatic heterocycles. The Morgan fingerprint density at radius 1 is 1.23 bits per heavy atom. The summed E-state index contributed by atoms with van der Waals surface area (Å²) in [6.07, 6.45) is 0. The van der Waals surface area contributed by atoms with E-state index in [1.54, 1.807) is 11.3 Å². The highest BCUT2D eigenvalue weighted by Gasteiger charge is 2.24. The van der Waals surface area contributed by atoms with Crippen molar-refractivity contribution in [2.24, 2.45) is 0 Å². The van der Waals surface area contributed by atoms with Gasteiger partial charge in [0.1, 0.15) is 5.75 Å². The monoisotopic (exact) mass is 374 g/mol. The van der Waals surface area contributed by atoms with Crippen LogP contribution in [0.15, 0.2) is 35.7 Å². The smallest absolute Gasteiger partial charge is 0.258 e. The zero-order valence-corrected chi connectivity index (χ0v) is 16.2. The number of carbonyl (C=O) groups excluding carboxylic acids is 1. The number of nitrogens with zero attached hydrogens (tertiary/aromatic N) is 1. The van der Waals surface area contributed by atoms with Crippen molar-refractivity contribution in [3.63, 3.8) is 0 Å². The van der Waals surface area contributed by atoms with Crippen molar-refractivity contribution in [3.05, 3.63) is 51.7 Å². The maximum atomic E-state index is 12.3. The number of hydrogen-bond donors (Lipinski definition) is 1. The first-order chi connectivity index (χ1) is 12.6. The van der Waals surface area contributed by atoms with E-state index in [0.717, 1.165) is 43.2 Å². The Balaban J connectivity index is 1.55. The third-order valence-electron chi connectivity index (χ3n) is 4.61. The molecule has 1 aromatic carbocycles. The van der Waals surface area contributed by atoms with Crippen molar-refractivity contribution in [2.75, 3.05) is 39.5 Å². The topological polar surface area (TPSA) is 50.8 Å². The summed E-state index contributed by atoms with van der Waals surface area (Å²) in [6, 6.07) is 10.3. The van der Waals surface area contributed by atoms with Gasteiger partial charge >= 0.3 is 0 Å². The summed E-state index contributed by atoms with van der Waals surface area (Å²) in [4.78, 5) is 16.0. The molecule has 2 aromatic rings. The van der Waals surface area contributed by atoms with Crippen molar-refractivity contribution in [1.82, 2.24) is 10.2 Å². The van der Waals surface area contributed by atoms with Crippen molar-refractivity contribution in [1.29, 1.82) is 0 Å². The molecule has 2 heterocycles. The fourth-order valence-electron chi connectivity index (χ4n) is 3.21. The largest absolute Gasteiger partial charge is 0.483 e. The third-order valence-corrected chi connectivity index (χ3v) is 5.58. The van der Waals surface area contributed by atoms with Gasteiger partial charge in [0.25, 0.3) is 5.91 Å². The highest BCUT2D eigenvalue weighted by atomic mass is 32.1. The van der Waals surface area contributed by atoms with Gasteiger partial charge in [-0.25, -0.2) is 0 Å². The molecule has 26 heavy (non-hydrogen) atoms. The number of amides is 1. The lowest BCUT2D eigenvalue weighted by Crippen LogP contribution is -2.44. The number of rotatable bonds is 7. The van der Waals surface area contributed by atoms with E-state index < -0.39 is 0 Å². The highest BCUT2D eigenvalue weighted by molar-refractivity contribution is 7.10. The third kappa shape index (κ3) is 4.84. The minimum atomic E-state index is -0.0949. The van der Waals surface area contributed by atoms with E-state index in [4.69, 9.17) is 9.47 Å². The summed E-state index contributed by atoms with van der Waals surface area (Å²) in [7, 11) is 0. The summed E-state index contributed by atoms with van der Waals surface area (Å²) < 4.78 is 11.2. The predicted molar refractivity (Wildman–Crippen MR) is 104 cm³/mol. The Morgan fingerprint density at radius 2 is 1.96 bits per heavy atom. The minimum absolute atomic E-state index is 0.0337. The Kier molecular flexibility index (Phi) is 6.66. The molecule has 5 nitrogen and oxygen atoms in total. The molecular formula is C20H26N2O3S. The van der Waals surface area contributed by atoms with Crippen LogP contribution in [0.3, 0.4) is 0 Å². The lowest BCUT2D eigenvalue weighted by Gasteiger charge is -2.34. The number of aryl methyl sites for hydroxylation is 2. The molecular weight excluding hydrogens is 348 g/mol. The Morgan fingerprint density at radius 3 is 2.62 bits per heavy atom. The van der Waals surface area contributed by atoms with Gasteiger partial charge in [0.2, 0.25) is 0 Å². The quantitative estimate of drug-likeness (QED) is 0.810. The van der Waals surface area contributed by atoms with Crippen LogP contribution < -0.4 is 10.1 Å². The molecule has 140 valence electrons. The van der Waals surface area contributed by atoms with Crippen LogP contribution >= 0.6 is 11.3 Å². The number of ether oxygens (including phenoxy) is 2. The Hall–Kier alpha value is -1.89. The van der Waals surface area contributed by atoms with E-state index in [-0.39, 0.29) is 18.6 Å². The lowest BCUT2D eigenvalue weighted by atomic mass is 10.1. The van der Waals surface area contributed by atoms with Gasteiger partial charge in [-0.15, -0.1) is 11.3 Å². The first kappa shape index (κ1) is 18.9. The summed E-state index contributed by atoms with van der Waals surface area (Å²) >= 11 is 1.73. The zero-order chi connectivity index (χ0) is 18.4. The van der Waals surface area contributed by atoms with E-state index >= 15 is 0 Å². The maximum Gasteiger partial charge on any atom is 0.258 e. The second-order valence-electron chi connectivity index (χ2n) is 6.49. The van der Waals surface area contributed by atoms with Crippen molar-refractivity contribution in [2.45, 2.75) is 19.9 Å². The molecule has 1 N–H and O–H groups in total. The molecule has 1 saturated heterocycles. The van der Waals surface area contributed by atoms with E-state index in [9.17, 15) is 4.79 Å². The summed E-state index contributed by atoms with van der Waals surface area (Å²) in [5, 5.41) is 5.12. The number of carbonyl (C=O) groups is 1. The van der Waals surface area contributed by atoms with Gasteiger partial charge in [0.15, 0.2) is 6.61 Å². The molecule has 1 amide bonds. The lowest BCUT2D eigenvalue weighted by molar-refractivity contribution is -0.123. The van der Waals surface area contributed by atoms with Gasteiger partial charge in [-0.2, -0.15) is 0 Å². The van der Waals surface area contributed by atoms with Crippen molar-refractivity contribution in [3.8, 4) is 5.75 Å². The van der Waals surface area contributed by atoms with E-state index in [1.807, 2.05) is 32.0 Å². The normalized spacial score (nSPS) is 16.2. The molecule has 0 spiro atoms. The molecule has 0 bridgehead atoms. The summed E-state index contributed by atoms with van der Waals surface area (Å²) in [5.74, 6) is 0.702. The van der Waals surface area contributed by atoms with Gasteiger partial charge in [-0.1, -0.05) is 24.3 Å². The van der Waals surface area contributed by atoms with Gasteiger partial charge < -0.3 is 14.8 Å². The van der Waals surface area contributed by atoms with Crippen LogP contribution in [0.4, 0.5) is 0 Å².